The number of carbonyl (C=O) groups is 1. The van der Waals surface area contributed by atoms with Crippen molar-refractivity contribution in [2.24, 2.45) is 0 Å². The van der Waals surface area contributed by atoms with Crippen LogP contribution < -0.4 is 20.1 Å². The molecule has 0 spiro atoms. The maximum Gasteiger partial charge on any atom is 0.220 e. The summed E-state index contributed by atoms with van der Waals surface area (Å²) in [5.41, 5.74) is 5.45. The average molecular weight is 489 g/mol. The van der Waals surface area contributed by atoms with Crippen LogP contribution in [-0.4, -0.2) is 45.8 Å². The largest absolute Gasteiger partial charge is 0.493 e. The number of aromatic nitrogens is 4. The van der Waals surface area contributed by atoms with Crippen LogP contribution in [0.15, 0.2) is 36.7 Å². The third kappa shape index (κ3) is 3.69. The van der Waals surface area contributed by atoms with Gasteiger partial charge in [0, 0.05) is 53.7 Å². The predicted octanol–water partition coefficient (Wildman–Crippen LogP) is 3.40. The van der Waals surface area contributed by atoms with Crippen LogP contribution in [0.25, 0.3) is 16.8 Å². The van der Waals surface area contributed by atoms with Gasteiger partial charge in [-0.3, -0.25) is 14.2 Å². The summed E-state index contributed by atoms with van der Waals surface area (Å²) < 4.78 is 28.8. The number of fused-ring (bicyclic) bond motifs is 3. The van der Waals surface area contributed by atoms with E-state index in [4.69, 9.17) is 14.5 Å². The van der Waals surface area contributed by atoms with Crippen molar-refractivity contribution in [3.8, 4) is 22.6 Å². The number of hydrogen-bond donors (Lipinski definition) is 2. The van der Waals surface area contributed by atoms with Crippen molar-refractivity contribution in [1.29, 1.82) is 0 Å². The van der Waals surface area contributed by atoms with E-state index in [1.54, 1.807) is 19.4 Å². The number of hydrogen-bond acceptors (Lipinski definition) is 7. The number of carbonyl (C=O) groups excluding carboxylic acids is 1. The number of pyridine rings is 2. The van der Waals surface area contributed by atoms with Gasteiger partial charge in [0.15, 0.2) is 17.2 Å². The van der Waals surface area contributed by atoms with E-state index in [2.05, 4.69) is 20.8 Å². The van der Waals surface area contributed by atoms with E-state index in [1.165, 1.54) is 6.07 Å². The molecule has 9 nitrogen and oxygen atoms in total. The van der Waals surface area contributed by atoms with Crippen LogP contribution in [0.3, 0.4) is 0 Å². The van der Waals surface area contributed by atoms with E-state index >= 15 is 0 Å². The molecule has 184 valence electrons. The average Bonchev–Trinajstić information content (AvgIpc) is 3.54. The lowest BCUT2D eigenvalue weighted by molar-refractivity contribution is -0.120. The topological polar surface area (TPSA) is 103 Å². The Labute approximate surface area is 206 Å². The van der Waals surface area contributed by atoms with Gasteiger partial charge in [-0.15, -0.1) is 10.2 Å². The summed E-state index contributed by atoms with van der Waals surface area (Å²) in [4.78, 5) is 16.3. The molecule has 0 bridgehead atoms. The van der Waals surface area contributed by atoms with E-state index < -0.39 is 0 Å². The Hall–Kier alpha value is -4.21. The molecule has 2 N–H and O–H groups in total. The zero-order valence-electron chi connectivity index (χ0n) is 20.0. The summed E-state index contributed by atoms with van der Waals surface area (Å²) >= 11 is 0. The first-order valence-corrected chi connectivity index (χ1v) is 11.9. The number of rotatable bonds is 4. The minimum absolute atomic E-state index is 0.0206. The number of nitrogens with zero attached hydrogens (tertiary/aromatic N) is 4. The molecule has 0 radical (unpaired) electrons. The summed E-state index contributed by atoms with van der Waals surface area (Å²) in [7, 11) is 1.63. The third-order valence-electron chi connectivity index (χ3n) is 6.84. The molecule has 0 aliphatic carbocycles. The van der Waals surface area contributed by atoms with E-state index in [9.17, 15) is 9.18 Å². The van der Waals surface area contributed by atoms with E-state index in [0.29, 0.717) is 54.6 Å². The second-order valence-corrected chi connectivity index (χ2v) is 9.01. The lowest BCUT2D eigenvalue weighted by Gasteiger charge is -2.17. The van der Waals surface area contributed by atoms with Crippen LogP contribution in [0.2, 0.25) is 0 Å². The first-order valence-electron chi connectivity index (χ1n) is 11.9. The van der Waals surface area contributed by atoms with Gasteiger partial charge in [-0.1, -0.05) is 6.07 Å². The van der Waals surface area contributed by atoms with Crippen molar-refractivity contribution in [2.45, 2.75) is 32.2 Å². The number of benzene rings is 1. The number of ether oxygens (including phenoxy) is 2. The van der Waals surface area contributed by atoms with Gasteiger partial charge in [-0.25, -0.2) is 4.39 Å². The SMILES string of the molecule is CNC(=O)CCc1ccc(-c2cc3c(n4cnnc24)NCc2c(F)ccc4c2[C@H](CO4)CO3)c(C)n1. The second-order valence-electron chi connectivity index (χ2n) is 9.01. The smallest absolute Gasteiger partial charge is 0.220 e. The molecule has 36 heavy (non-hydrogen) atoms. The number of halogens is 1. The summed E-state index contributed by atoms with van der Waals surface area (Å²) in [6.07, 6.45) is 2.55. The summed E-state index contributed by atoms with van der Waals surface area (Å²) in [5, 5.41) is 14.5. The first kappa shape index (κ1) is 22.3. The molecule has 4 aromatic rings. The Bertz CT molecular complexity index is 1500. The van der Waals surface area contributed by atoms with Crippen molar-refractivity contribution < 1.29 is 18.7 Å². The summed E-state index contributed by atoms with van der Waals surface area (Å²) in [5.74, 6) is 1.62. The Balaban J connectivity index is 1.40. The third-order valence-corrected chi connectivity index (χ3v) is 6.84. The van der Waals surface area contributed by atoms with Gasteiger partial charge >= 0.3 is 0 Å². The van der Waals surface area contributed by atoms with Gasteiger partial charge in [-0.2, -0.15) is 0 Å². The van der Waals surface area contributed by atoms with Crippen LogP contribution in [0, 0.1) is 12.7 Å². The van der Waals surface area contributed by atoms with Gasteiger partial charge in [0.05, 0.1) is 19.1 Å². The lowest BCUT2D eigenvalue weighted by Crippen LogP contribution is -2.18. The fraction of sp³-hybridized carbons (Fsp3) is 0.308. The van der Waals surface area contributed by atoms with Crippen molar-refractivity contribution in [3.05, 3.63) is 65.0 Å². The molecule has 2 aliphatic rings. The lowest BCUT2D eigenvalue weighted by atomic mass is 9.96. The van der Waals surface area contributed by atoms with Crippen molar-refractivity contribution in [3.63, 3.8) is 0 Å². The normalized spacial score (nSPS) is 16.0. The molecule has 6 rings (SSSR count). The number of anilines is 1. The zero-order valence-corrected chi connectivity index (χ0v) is 20.0. The number of aryl methyl sites for hydroxylation is 2. The highest BCUT2D eigenvalue weighted by Gasteiger charge is 2.31. The summed E-state index contributed by atoms with van der Waals surface area (Å²) in [6.45, 7) is 3.01. The predicted molar refractivity (Wildman–Crippen MR) is 131 cm³/mol. The molecule has 1 atom stereocenters. The maximum absolute atomic E-state index is 14.8. The van der Waals surface area contributed by atoms with Gasteiger partial charge in [0.1, 0.15) is 17.9 Å². The van der Waals surface area contributed by atoms with Gasteiger partial charge < -0.3 is 20.1 Å². The van der Waals surface area contributed by atoms with Crippen molar-refractivity contribution in [2.75, 3.05) is 25.6 Å². The van der Waals surface area contributed by atoms with Crippen LogP contribution in [0.1, 0.15) is 34.9 Å². The minimum Gasteiger partial charge on any atom is -0.493 e. The Morgan fingerprint density at radius 3 is 2.83 bits per heavy atom. The van der Waals surface area contributed by atoms with Gasteiger partial charge in [0.2, 0.25) is 5.91 Å². The molecule has 1 amide bonds. The molecule has 0 fully saturated rings. The van der Waals surface area contributed by atoms with Gasteiger partial charge in [-0.05, 0) is 37.6 Å². The molecule has 0 saturated carbocycles. The minimum atomic E-state index is -0.268. The number of nitrogens with one attached hydrogen (secondary N) is 2. The first-order chi connectivity index (χ1) is 17.5. The second kappa shape index (κ2) is 8.78. The quantitative estimate of drug-likeness (QED) is 0.454. The molecule has 2 aliphatic heterocycles. The summed E-state index contributed by atoms with van der Waals surface area (Å²) in [6, 6.07) is 8.98. The number of amides is 1. The molecule has 0 saturated heterocycles. The molecule has 1 aromatic carbocycles. The van der Waals surface area contributed by atoms with Crippen LogP contribution >= 0.6 is 0 Å². The Morgan fingerprint density at radius 2 is 2.03 bits per heavy atom. The van der Waals surface area contributed by atoms with Crippen LogP contribution in [0.5, 0.6) is 11.5 Å². The molecule has 3 aromatic heterocycles. The van der Waals surface area contributed by atoms with E-state index in [-0.39, 0.29) is 24.2 Å². The Morgan fingerprint density at radius 1 is 1.19 bits per heavy atom. The highest BCUT2D eigenvalue weighted by atomic mass is 19.1. The monoisotopic (exact) mass is 488 g/mol. The molecule has 10 heteroatoms. The van der Waals surface area contributed by atoms with E-state index in [1.807, 2.05) is 29.5 Å². The van der Waals surface area contributed by atoms with Crippen molar-refractivity contribution >= 4 is 17.4 Å². The zero-order chi connectivity index (χ0) is 24.8. The molecular weight excluding hydrogens is 463 g/mol. The van der Waals surface area contributed by atoms with Crippen molar-refractivity contribution in [1.82, 2.24) is 24.9 Å². The highest BCUT2D eigenvalue weighted by molar-refractivity contribution is 5.83. The van der Waals surface area contributed by atoms with Crippen LogP contribution in [0.4, 0.5) is 10.2 Å². The Kier molecular flexibility index (Phi) is 5.43. The maximum atomic E-state index is 14.8. The van der Waals surface area contributed by atoms with E-state index in [0.717, 1.165) is 28.1 Å². The fourth-order valence-corrected chi connectivity index (χ4v) is 4.99. The highest BCUT2D eigenvalue weighted by Crippen LogP contribution is 2.42. The fourth-order valence-electron chi connectivity index (χ4n) is 4.99. The molecule has 5 heterocycles. The molecular formula is C26H25FN6O3. The van der Waals surface area contributed by atoms with Gasteiger partial charge in [0.25, 0.3) is 0 Å². The molecule has 0 unspecified atom stereocenters. The standard InChI is InChI=1S/C26H25FN6O3/c1-14-17(5-3-16(31-14)4-8-23(34)28-2)18-9-22-26(33-13-30-32-25(18)33)29-10-19-20(27)6-7-21-24(19)15(11-35-21)12-36-22/h3,5-7,9,13,15,29H,4,8,10-12H2,1-2H3,(H,28,34)/t15-/m1/s1. The van der Waals surface area contributed by atoms with Crippen LogP contribution in [-0.2, 0) is 17.8 Å².